The second-order valence-corrected chi connectivity index (χ2v) is 9.86. The largest absolute Gasteiger partial charge is 0.275 e. The number of fused-ring (bicyclic) bond motifs is 9. The van der Waals surface area contributed by atoms with Crippen molar-refractivity contribution in [1.82, 2.24) is 14.5 Å². The molecule has 182 valence electrons. The van der Waals surface area contributed by atoms with Crippen molar-refractivity contribution in [3.63, 3.8) is 0 Å². The first kappa shape index (κ1) is 21.7. The summed E-state index contributed by atoms with van der Waals surface area (Å²) in [5.74, 6) is 0. The number of rotatable bonds is 2. The maximum Gasteiger partial charge on any atom is 0.263 e. The highest BCUT2D eigenvalue weighted by molar-refractivity contribution is 6.25. The third-order valence-electron chi connectivity index (χ3n) is 7.77. The van der Waals surface area contributed by atoms with E-state index in [1.807, 2.05) is 18.2 Å². The van der Waals surface area contributed by atoms with Gasteiger partial charge in [0, 0.05) is 35.1 Å². The lowest BCUT2D eigenvalue weighted by Gasteiger charge is -2.15. The van der Waals surface area contributed by atoms with E-state index in [4.69, 9.17) is 0 Å². The van der Waals surface area contributed by atoms with E-state index in [1.165, 1.54) is 32.3 Å². The van der Waals surface area contributed by atoms with Crippen LogP contribution in [0.5, 0.6) is 0 Å². The van der Waals surface area contributed by atoms with Gasteiger partial charge in [-0.15, -0.1) is 0 Å². The van der Waals surface area contributed by atoms with Crippen LogP contribution in [0.1, 0.15) is 0 Å². The molecular weight excluding hydrogens is 478 g/mol. The molecule has 0 N–H and O–H groups in total. The van der Waals surface area contributed by atoms with Crippen LogP contribution in [0.2, 0.25) is 0 Å². The summed E-state index contributed by atoms with van der Waals surface area (Å²) < 4.78 is 1.76. The van der Waals surface area contributed by atoms with Crippen LogP contribution < -0.4 is 5.56 Å². The monoisotopic (exact) mass is 499 g/mol. The summed E-state index contributed by atoms with van der Waals surface area (Å²) in [6.45, 7) is 0. The Balaban J connectivity index is 1.38. The Hall–Kier alpha value is -5.35. The van der Waals surface area contributed by atoms with Gasteiger partial charge < -0.3 is 0 Å². The van der Waals surface area contributed by atoms with Crippen molar-refractivity contribution in [2.45, 2.75) is 0 Å². The normalized spacial score (nSPS) is 11.7. The third kappa shape index (κ3) is 3.22. The van der Waals surface area contributed by atoms with Gasteiger partial charge in [-0.25, -0.2) is 0 Å². The van der Waals surface area contributed by atoms with Crippen LogP contribution in [0.3, 0.4) is 0 Å². The van der Waals surface area contributed by atoms with Crippen molar-refractivity contribution in [1.29, 1.82) is 0 Å². The van der Waals surface area contributed by atoms with Gasteiger partial charge in [0.05, 0.1) is 17.1 Å². The first-order chi connectivity index (χ1) is 19.3. The van der Waals surface area contributed by atoms with Crippen molar-refractivity contribution >= 4 is 54.0 Å². The van der Waals surface area contributed by atoms with Crippen LogP contribution in [-0.2, 0) is 0 Å². The molecule has 8 aromatic rings. The highest BCUT2D eigenvalue weighted by atomic mass is 16.1. The number of hydrogen-bond acceptors (Lipinski definition) is 3. The summed E-state index contributed by atoms with van der Waals surface area (Å²) in [5.41, 5.74) is 3.63. The average Bonchev–Trinajstić information content (AvgIpc) is 3.01. The predicted octanol–water partition coefficient (Wildman–Crippen LogP) is 8.06. The molecule has 0 amide bonds. The Bertz CT molecular complexity index is 2280. The van der Waals surface area contributed by atoms with Crippen LogP contribution in [-0.4, -0.2) is 14.5 Å². The van der Waals surface area contributed by atoms with E-state index in [0.29, 0.717) is 5.39 Å². The minimum Gasteiger partial charge on any atom is -0.275 e. The maximum atomic E-state index is 13.7. The molecule has 0 aliphatic carbocycles. The number of hydrogen-bond donors (Lipinski definition) is 0. The minimum absolute atomic E-state index is 0.0824. The fraction of sp³-hybridized carbons (Fsp3) is 0. The first-order valence-electron chi connectivity index (χ1n) is 12.9. The van der Waals surface area contributed by atoms with Gasteiger partial charge in [0.25, 0.3) is 5.56 Å². The zero-order chi connectivity index (χ0) is 25.9. The van der Waals surface area contributed by atoms with Crippen LogP contribution in [0, 0.1) is 0 Å². The fourth-order valence-electron chi connectivity index (χ4n) is 5.99. The van der Waals surface area contributed by atoms with Crippen LogP contribution in [0.4, 0.5) is 0 Å². The van der Waals surface area contributed by atoms with E-state index >= 15 is 0 Å². The predicted molar refractivity (Wildman–Crippen MR) is 161 cm³/mol. The average molecular weight is 500 g/mol. The van der Waals surface area contributed by atoms with Crippen molar-refractivity contribution < 1.29 is 0 Å². The third-order valence-corrected chi connectivity index (χ3v) is 7.77. The molecule has 0 spiro atoms. The molecule has 4 nitrogen and oxygen atoms in total. The van der Waals surface area contributed by atoms with E-state index < -0.39 is 0 Å². The number of aromatic nitrogens is 3. The van der Waals surface area contributed by atoms with E-state index in [-0.39, 0.29) is 5.56 Å². The highest BCUT2D eigenvalue weighted by Gasteiger charge is 2.14. The highest BCUT2D eigenvalue weighted by Crippen LogP contribution is 2.37. The van der Waals surface area contributed by atoms with Crippen molar-refractivity contribution in [2.75, 3.05) is 0 Å². The van der Waals surface area contributed by atoms with Gasteiger partial charge in [-0.1, -0.05) is 72.8 Å². The molecule has 0 saturated carbocycles. The number of benzene rings is 5. The Kier molecular flexibility index (Phi) is 4.64. The van der Waals surface area contributed by atoms with Crippen LogP contribution >= 0.6 is 0 Å². The lowest BCUT2D eigenvalue weighted by Crippen LogP contribution is -2.19. The van der Waals surface area contributed by atoms with Crippen molar-refractivity contribution in [2.24, 2.45) is 0 Å². The van der Waals surface area contributed by atoms with Gasteiger partial charge in [-0.2, -0.15) is 0 Å². The molecule has 3 aromatic heterocycles. The molecule has 0 radical (unpaired) electrons. The van der Waals surface area contributed by atoms with Gasteiger partial charge in [-0.3, -0.25) is 19.3 Å². The standard InChI is InChI=1S/C35H21N3O/c39-35-31-15-17-36-20-33(31)30-14-16-37-21-34(30)38(35)24-7-5-6-22(18-24)23-12-13-29-27-10-2-1-8-25(27)26-9-3-4-11-28(26)32(29)19-23/h1-21H. The molecule has 0 bridgehead atoms. The van der Waals surface area contributed by atoms with Gasteiger partial charge in [0.1, 0.15) is 0 Å². The number of pyridine rings is 3. The Labute approximate surface area is 223 Å². The molecule has 0 aliphatic heterocycles. The Morgan fingerprint density at radius 3 is 1.82 bits per heavy atom. The molecule has 0 aliphatic rings. The molecule has 0 fully saturated rings. The molecule has 8 rings (SSSR count). The minimum atomic E-state index is -0.0824. The summed E-state index contributed by atoms with van der Waals surface area (Å²) in [5, 5.41) is 9.88. The maximum absolute atomic E-state index is 13.7. The Morgan fingerprint density at radius 1 is 0.462 bits per heavy atom. The van der Waals surface area contributed by atoms with E-state index in [2.05, 4.69) is 88.8 Å². The molecule has 5 aromatic carbocycles. The zero-order valence-electron chi connectivity index (χ0n) is 20.9. The van der Waals surface area contributed by atoms with E-state index in [9.17, 15) is 4.79 Å². The Morgan fingerprint density at radius 2 is 1.08 bits per heavy atom. The lowest BCUT2D eigenvalue weighted by molar-refractivity contribution is 1.05. The van der Waals surface area contributed by atoms with Crippen molar-refractivity contribution in [3.8, 4) is 16.8 Å². The van der Waals surface area contributed by atoms with Crippen LogP contribution in [0.15, 0.2) is 133 Å². The first-order valence-corrected chi connectivity index (χ1v) is 12.9. The summed E-state index contributed by atoms with van der Waals surface area (Å²) in [4.78, 5) is 22.3. The summed E-state index contributed by atoms with van der Waals surface area (Å²) in [6.07, 6.45) is 6.93. The van der Waals surface area contributed by atoms with E-state index in [0.717, 1.165) is 33.1 Å². The van der Waals surface area contributed by atoms with Crippen LogP contribution in [0.25, 0.3) is 70.8 Å². The topological polar surface area (TPSA) is 47.8 Å². The molecule has 0 unspecified atom stereocenters. The molecule has 0 saturated heterocycles. The lowest BCUT2D eigenvalue weighted by atomic mass is 9.92. The van der Waals surface area contributed by atoms with Crippen molar-refractivity contribution in [3.05, 3.63) is 138 Å². The molecule has 0 atom stereocenters. The molecule has 4 heteroatoms. The van der Waals surface area contributed by atoms with Gasteiger partial charge in [0.15, 0.2) is 0 Å². The molecular formula is C35H21N3O. The van der Waals surface area contributed by atoms with Gasteiger partial charge in [0.2, 0.25) is 0 Å². The second-order valence-electron chi connectivity index (χ2n) is 9.86. The van der Waals surface area contributed by atoms with E-state index in [1.54, 1.807) is 35.4 Å². The smallest absolute Gasteiger partial charge is 0.263 e. The van der Waals surface area contributed by atoms with Gasteiger partial charge >= 0.3 is 0 Å². The summed E-state index contributed by atoms with van der Waals surface area (Å²) >= 11 is 0. The second kappa shape index (κ2) is 8.33. The van der Waals surface area contributed by atoms with Gasteiger partial charge in [-0.05, 0) is 73.8 Å². The molecule has 3 heterocycles. The SMILES string of the molecule is O=c1c2ccncc2c2ccncc2n1-c1cccc(-c2ccc3c4ccccc4c4ccccc4c3c2)c1. The quantitative estimate of drug-likeness (QED) is 0.226. The number of nitrogens with zero attached hydrogens (tertiary/aromatic N) is 3. The summed E-state index contributed by atoms with van der Waals surface area (Å²) in [7, 11) is 0. The summed E-state index contributed by atoms with van der Waals surface area (Å²) in [6, 6.07) is 35.8. The zero-order valence-corrected chi connectivity index (χ0v) is 20.9. The fourth-order valence-corrected chi connectivity index (χ4v) is 5.99. The molecule has 39 heavy (non-hydrogen) atoms.